The molecular weight excluding hydrogens is 304 g/mol. The average molecular weight is 320 g/mol. The van der Waals surface area contributed by atoms with Crippen LogP contribution in [0, 0.1) is 0 Å². The quantitative estimate of drug-likeness (QED) is 0.440. The van der Waals surface area contributed by atoms with Crippen molar-refractivity contribution < 1.29 is 0 Å². The van der Waals surface area contributed by atoms with Crippen molar-refractivity contribution in [3.8, 4) is 0 Å². The number of aromatic nitrogens is 1. The number of benzene rings is 2. The zero-order valence-electron chi connectivity index (χ0n) is 12.4. The van der Waals surface area contributed by atoms with E-state index in [2.05, 4.69) is 20.8 Å². The summed E-state index contributed by atoms with van der Waals surface area (Å²) in [7, 11) is 0. The molecule has 0 saturated carbocycles. The fourth-order valence-electron chi connectivity index (χ4n) is 2.16. The monoisotopic (exact) mass is 320 g/mol. The molecule has 23 heavy (non-hydrogen) atoms. The van der Waals surface area contributed by atoms with Gasteiger partial charge in [0.05, 0.1) is 11.7 Å². The van der Waals surface area contributed by atoms with Crippen LogP contribution < -0.4 is 10.7 Å². The third-order valence-electron chi connectivity index (χ3n) is 3.30. The van der Waals surface area contributed by atoms with Crippen molar-refractivity contribution >= 4 is 34.4 Å². The molecule has 0 unspecified atom stereocenters. The van der Waals surface area contributed by atoms with Gasteiger partial charge in [0.15, 0.2) is 5.11 Å². The molecule has 2 N–H and O–H groups in total. The first-order chi connectivity index (χ1) is 11.3. The molecule has 0 saturated heterocycles. The van der Waals surface area contributed by atoms with Crippen LogP contribution in [0.15, 0.2) is 72.0 Å². The lowest BCUT2D eigenvalue weighted by Crippen LogP contribution is -2.31. The maximum absolute atomic E-state index is 5.20. The van der Waals surface area contributed by atoms with Crippen molar-refractivity contribution in [2.45, 2.75) is 6.54 Å². The molecule has 0 radical (unpaired) electrons. The van der Waals surface area contributed by atoms with Crippen LogP contribution >= 0.6 is 12.2 Å². The Morgan fingerprint density at radius 1 is 1.09 bits per heavy atom. The van der Waals surface area contributed by atoms with Gasteiger partial charge in [-0.25, -0.2) is 0 Å². The number of pyridine rings is 1. The molecule has 0 atom stereocenters. The Balaban J connectivity index is 1.54. The van der Waals surface area contributed by atoms with Crippen LogP contribution in [0.25, 0.3) is 10.9 Å². The Labute approximate surface area is 140 Å². The molecule has 5 heteroatoms. The molecule has 2 aromatic carbocycles. The molecule has 0 aliphatic carbocycles. The van der Waals surface area contributed by atoms with E-state index in [0.717, 1.165) is 16.5 Å². The van der Waals surface area contributed by atoms with E-state index in [1.807, 2.05) is 60.7 Å². The second-order valence-corrected chi connectivity index (χ2v) is 5.40. The zero-order valence-corrected chi connectivity index (χ0v) is 13.3. The number of rotatable bonds is 4. The highest BCUT2D eigenvalue weighted by atomic mass is 32.1. The van der Waals surface area contributed by atoms with Crippen molar-refractivity contribution in [3.63, 3.8) is 0 Å². The fourth-order valence-corrected chi connectivity index (χ4v) is 2.28. The highest BCUT2D eigenvalue weighted by Crippen LogP contribution is 2.11. The molecule has 3 aromatic rings. The molecule has 1 aromatic heterocycles. The van der Waals surface area contributed by atoms with Crippen molar-refractivity contribution in [3.05, 3.63) is 78.0 Å². The molecule has 0 aliphatic heterocycles. The largest absolute Gasteiger partial charge is 0.357 e. The Hall–Kier alpha value is -2.79. The van der Waals surface area contributed by atoms with Crippen LogP contribution in [0.5, 0.6) is 0 Å². The van der Waals surface area contributed by atoms with Gasteiger partial charge in [0.2, 0.25) is 0 Å². The predicted molar refractivity (Wildman–Crippen MR) is 98.4 cm³/mol. The summed E-state index contributed by atoms with van der Waals surface area (Å²) in [4.78, 5) is 4.29. The van der Waals surface area contributed by atoms with Gasteiger partial charge in [-0.2, -0.15) is 5.10 Å². The summed E-state index contributed by atoms with van der Waals surface area (Å²) >= 11 is 5.20. The number of nitrogens with zero attached hydrogens (tertiary/aromatic N) is 2. The molecule has 0 fully saturated rings. The molecule has 1 heterocycles. The Kier molecular flexibility index (Phi) is 4.91. The maximum atomic E-state index is 5.20. The topological polar surface area (TPSA) is 49.3 Å². The summed E-state index contributed by atoms with van der Waals surface area (Å²) in [6.45, 7) is 0.670. The maximum Gasteiger partial charge on any atom is 0.187 e. The van der Waals surface area contributed by atoms with Crippen LogP contribution in [-0.4, -0.2) is 16.3 Å². The predicted octanol–water partition coefficient (Wildman–Crippen LogP) is 3.23. The van der Waals surface area contributed by atoms with Gasteiger partial charge in [0.25, 0.3) is 0 Å². The van der Waals surface area contributed by atoms with E-state index in [1.54, 1.807) is 12.4 Å². The third-order valence-corrected chi connectivity index (χ3v) is 3.54. The molecule has 114 valence electrons. The van der Waals surface area contributed by atoms with E-state index >= 15 is 0 Å². The van der Waals surface area contributed by atoms with Gasteiger partial charge in [-0.05, 0) is 41.5 Å². The van der Waals surface area contributed by atoms with Crippen molar-refractivity contribution in [2.24, 2.45) is 5.10 Å². The summed E-state index contributed by atoms with van der Waals surface area (Å²) in [5.74, 6) is 0. The number of nitrogens with one attached hydrogen (secondary N) is 2. The van der Waals surface area contributed by atoms with E-state index < -0.39 is 0 Å². The van der Waals surface area contributed by atoms with E-state index in [1.165, 1.54) is 5.56 Å². The summed E-state index contributed by atoms with van der Waals surface area (Å²) in [6.07, 6.45) is 3.53. The number of hydrogen-bond donors (Lipinski definition) is 2. The van der Waals surface area contributed by atoms with Gasteiger partial charge in [0.1, 0.15) is 0 Å². The van der Waals surface area contributed by atoms with E-state index in [4.69, 9.17) is 12.2 Å². The SMILES string of the molecule is S=C(NCc1ccccc1)N/N=C/c1ccc2ncccc2c1. The molecule has 3 rings (SSSR count). The fraction of sp³-hybridized carbons (Fsp3) is 0.0556. The van der Waals surface area contributed by atoms with Crippen LogP contribution in [-0.2, 0) is 6.54 Å². The zero-order chi connectivity index (χ0) is 15.9. The normalized spacial score (nSPS) is 10.8. The van der Waals surface area contributed by atoms with Crippen LogP contribution in [0.1, 0.15) is 11.1 Å². The second-order valence-electron chi connectivity index (χ2n) is 4.99. The molecule has 4 nitrogen and oxygen atoms in total. The molecule has 0 amide bonds. The average Bonchev–Trinajstić information content (AvgIpc) is 2.61. The number of hydrazone groups is 1. The molecule has 0 spiro atoms. The van der Waals surface area contributed by atoms with Gasteiger partial charge in [-0.3, -0.25) is 10.4 Å². The first-order valence-electron chi connectivity index (χ1n) is 7.27. The molecular formula is C18H16N4S. The van der Waals surface area contributed by atoms with Crippen LogP contribution in [0.3, 0.4) is 0 Å². The van der Waals surface area contributed by atoms with Gasteiger partial charge in [-0.1, -0.05) is 42.5 Å². The summed E-state index contributed by atoms with van der Waals surface area (Å²) in [5, 5.41) is 8.85. The Bertz CT molecular complexity index is 831. The highest BCUT2D eigenvalue weighted by Gasteiger charge is 1.96. The third kappa shape index (κ3) is 4.34. The van der Waals surface area contributed by atoms with Crippen molar-refractivity contribution in [2.75, 3.05) is 0 Å². The highest BCUT2D eigenvalue weighted by molar-refractivity contribution is 7.80. The van der Waals surface area contributed by atoms with Gasteiger partial charge >= 0.3 is 0 Å². The molecule has 0 bridgehead atoms. The van der Waals surface area contributed by atoms with Gasteiger partial charge in [-0.15, -0.1) is 0 Å². The smallest absolute Gasteiger partial charge is 0.187 e. The van der Waals surface area contributed by atoms with E-state index in [9.17, 15) is 0 Å². The van der Waals surface area contributed by atoms with Crippen LogP contribution in [0.2, 0.25) is 0 Å². The minimum absolute atomic E-state index is 0.493. The number of fused-ring (bicyclic) bond motifs is 1. The Morgan fingerprint density at radius 3 is 2.83 bits per heavy atom. The number of thiocarbonyl (C=S) groups is 1. The van der Waals surface area contributed by atoms with E-state index in [-0.39, 0.29) is 0 Å². The standard InChI is InChI=1S/C18H16N4S/c23-18(20-12-14-5-2-1-3-6-14)22-21-13-15-8-9-17-16(11-15)7-4-10-19-17/h1-11,13H,12H2,(H2,20,22,23)/b21-13+. The summed E-state index contributed by atoms with van der Waals surface area (Å²) < 4.78 is 0. The lowest BCUT2D eigenvalue weighted by atomic mass is 10.1. The first-order valence-corrected chi connectivity index (χ1v) is 7.68. The Morgan fingerprint density at radius 2 is 1.96 bits per heavy atom. The minimum Gasteiger partial charge on any atom is -0.357 e. The van der Waals surface area contributed by atoms with E-state index in [0.29, 0.717) is 11.7 Å². The summed E-state index contributed by atoms with van der Waals surface area (Å²) in [5.41, 5.74) is 5.95. The lowest BCUT2D eigenvalue weighted by molar-refractivity contribution is 0.869. The van der Waals surface area contributed by atoms with Gasteiger partial charge < -0.3 is 5.32 Å². The van der Waals surface area contributed by atoms with Crippen molar-refractivity contribution in [1.82, 2.24) is 15.7 Å². The minimum atomic E-state index is 0.493. The van der Waals surface area contributed by atoms with Gasteiger partial charge in [0, 0.05) is 18.1 Å². The second kappa shape index (κ2) is 7.47. The molecule has 0 aliphatic rings. The lowest BCUT2D eigenvalue weighted by Gasteiger charge is -2.06. The van der Waals surface area contributed by atoms with Crippen LogP contribution in [0.4, 0.5) is 0 Å². The number of hydrogen-bond acceptors (Lipinski definition) is 3. The van der Waals surface area contributed by atoms with Crippen molar-refractivity contribution in [1.29, 1.82) is 0 Å². The first kappa shape index (κ1) is 15.1. The summed E-state index contributed by atoms with van der Waals surface area (Å²) in [6, 6.07) is 20.0.